The van der Waals surface area contributed by atoms with Crippen molar-refractivity contribution in [1.82, 2.24) is 10.2 Å². The minimum Gasteiger partial charge on any atom is -0.496 e. The van der Waals surface area contributed by atoms with Crippen molar-refractivity contribution in [2.24, 2.45) is 0 Å². The fourth-order valence-electron chi connectivity index (χ4n) is 1.30. The molecule has 0 saturated carbocycles. The van der Waals surface area contributed by atoms with Gasteiger partial charge in [-0.05, 0) is 18.2 Å². The minimum absolute atomic E-state index is 0.0485. The van der Waals surface area contributed by atoms with Crippen LogP contribution in [0.3, 0.4) is 0 Å². The molecule has 0 amide bonds. The zero-order valence-corrected chi connectivity index (χ0v) is 9.44. The number of hydrogen-bond acceptors (Lipinski definition) is 6. The van der Waals surface area contributed by atoms with Gasteiger partial charge >= 0.3 is 10.2 Å². The van der Waals surface area contributed by atoms with Gasteiger partial charge in [-0.15, -0.1) is 14.1 Å². The maximum absolute atomic E-state index is 12.8. The van der Waals surface area contributed by atoms with Crippen molar-refractivity contribution in [3.8, 4) is 17.2 Å². The highest BCUT2D eigenvalue weighted by Crippen LogP contribution is 2.31. The Morgan fingerprint density at radius 1 is 1.41 bits per heavy atom. The predicted octanol–water partition coefficient (Wildman–Crippen LogP) is 1.40. The van der Waals surface area contributed by atoms with Crippen molar-refractivity contribution in [2.45, 2.75) is 4.90 Å². The van der Waals surface area contributed by atoms with Gasteiger partial charge in [0.2, 0.25) is 6.39 Å². The predicted molar refractivity (Wildman–Crippen MR) is 54.6 cm³/mol. The molecule has 0 N–H and O–H groups in total. The van der Waals surface area contributed by atoms with Crippen molar-refractivity contribution in [1.29, 1.82) is 0 Å². The van der Waals surface area contributed by atoms with Crippen molar-refractivity contribution >= 4 is 10.2 Å². The molecule has 0 aliphatic rings. The van der Waals surface area contributed by atoms with Crippen molar-refractivity contribution in [3.05, 3.63) is 24.6 Å². The first-order valence-electron chi connectivity index (χ1n) is 4.41. The average Bonchev–Trinajstić information content (AvgIpc) is 2.80. The lowest BCUT2D eigenvalue weighted by atomic mass is 10.2. The van der Waals surface area contributed by atoms with E-state index in [9.17, 15) is 12.3 Å². The van der Waals surface area contributed by atoms with Gasteiger partial charge in [-0.25, -0.2) is 0 Å². The minimum atomic E-state index is -4.79. The summed E-state index contributed by atoms with van der Waals surface area (Å²) < 4.78 is 44.3. The number of hydrogen-bond donors (Lipinski definition) is 0. The number of methoxy groups -OCH3 is 1. The Kier molecular flexibility index (Phi) is 2.80. The fourth-order valence-corrected chi connectivity index (χ4v) is 1.79. The number of aromatic nitrogens is 2. The van der Waals surface area contributed by atoms with Gasteiger partial charge in [-0.3, -0.25) is 0 Å². The normalized spacial score (nSPS) is 11.4. The SMILES string of the molecule is COc1ccc(S(=O)(=O)F)cc1-c1nnco1. The van der Waals surface area contributed by atoms with Crippen LogP contribution in [0.5, 0.6) is 5.75 Å². The van der Waals surface area contributed by atoms with Crippen LogP contribution in [-0.2, 0) is 10.2 Å². The third-order valence-corrected chi connectivity index (χ3v) is 2.86. The van der Waals surface area contributed by atoms with Gasteiger partial charge in [-0.1, -0.05) is 0 Å². The molecule has 90 valence electrons. The monoisotopic (exact) mass is 258 g/mol. The quantitative estimate of drug-likeness (QED) is 0.774. The lowest BCUT2D eigenvalue weighted by molar-refractivity contribution is 0.414. The van der Waals surface area contributed by atoms with Gasteiger partial charge in [0, 0.05) is 0 Å². The molecule has 17 heavy (non-hydrogen) atoms. The lowest BCUT2D eigenvalue weighted by Gasteiger charge is -2.05. The first-order chi connectivity index (χ1) is 8.02. The molecule has 0 atom stereocenters. The van der Waals surface area contributed by atoms with Crippen molar-refractivity contribution in [3.63, 3.8) is 0 Å². The first kappa shape index (κ1) is 11.5. The Morgan fingerprint density at radius 2 is 2.18 bits per heavy atom. The molecule has 6 nitrogen and oxygen atoms in total. The number of nitrogens with zero attached hydrogens (tertiary/aromatic N) is 2. The van der Waals surface area contributed by atoms with Crippen LogP contribution in [0.2, 0.25) is 0 Å². The Balaban J connectivity index is 2.63. The molecule has 2 rings (SSSR count). The van der Waals surface area contributed by atoms with Gasteiger partial charge in [-0.2, -0.15) is 8.42 Å². The Labute approximate surface area is 96.3 Å². The van der Waals surface area contributed by atoms with E-state index in [0.717, 1.165) is 18.5 Å². The molecule has 0 saturated heterocycles. The smallest absolute Gasteiger partial charge is 0.332 e. The Bertz CT molecular complexity index is 624. The largest absolute Gasteiger partial charge is 0.496 e. The highest BCUT2D eigenvalue weighted by atomic mass is 32.3. The second-order valence-electron chi connectivity index (χ2n) is 3.04. The van der Waals surface area contributed by atoms with Crippen LogP contribution in [0.1, 0.15) is 0 Å². The van der Waals surface area contributed by atoms with E-state index >= 15 is 0 Å². The molecule has 0 aliphatic heterocycles. The topological polar surface area (TPSA) is 82.3 Å². The third-order valence-electron chi connectivity index (χ3n) is 2.04. The summed E-state index contributed by atoms with van der Waals surface area (Å²) >= 11 is 0. The van der Waals surface area contributed by atoms with E-state index in [4.69, 9.17) is 9.15 Å². The molecule has 1 heterocycles. The summed E-state index contributed by atoms with van der Waals surface area (Å²) in [5.41, 5.74) is 0.212. The van der Waals surface area contributed by atoms with Crippen LogP contribution < -0.4 is 4.74 Å². The summed E-state index contributed by atoms with van der Waals surface area (Å²) in [4.78, 5) is -0.494. The van der Waals surface area contributed by atoms with Gasteiger partial charge in [0.1, 0.15) is 5.75 Å². The van der Waals surface area contributed by atoms with Crippen LogP contribution >= 0.6 is 0 Å². The van der Waals surface area contributed by atoms with Gasteiger partial charge in [0.05, 0.1) is 17.6 Å². The zero-order chi connectivity index (χ0) is 12.5. The van der Waals surface area contributed by atoms with Crippen LogP contribution in [0.4, 0.5) is 3.89 Å². The van der Waals surface area contributed by atoms with E-state index in [0.29, 0.717) is 5.75 Å². The van der Waals surface area contributed by atoms with Gasteiger partial charge in [0.25, 0.3) is 5.89 Å². The number of ether oxygens (including phenoxy) is 1. The second kappa shape index (κ2) is 4.13. The third kappa shape index (κ3) is 2.26. The summed E-state index contributed by atoms with van der Waals surface area (Å²) in [7, 11) is -3.40. The second-order valence-corrected chi connectivity index (χ2v) is 4.39. The molecule has 0 radical (unpaired) electrons. The summed E-state index contributed by atoms with van der Waals surface area (Å²) in [5, 5.41) is 7.05. The number of halogens is 1. The molecule has 2 aromatic rings. The molecule has 0 aliphatic carbocycles. The van der Waals surface area contributed by atoms with E-state index in [1.54, 1.807) is 0 Å². The Hall–Kier alpha value is -1.96. The number of benzene rings is 1. The molecule has 0 unspecified atom stereocenters. The molecule has 0 spiro atoms. The highest BCUT2D eigenvalue weighted by Gasteiger charge is 2.18. The van der Waals surface area contributed by atoms with E-state index in [2.05, 4.69) is 10.2 Å². The molecule has 0 fully saturated rings. The summed E-state index contributed by atoms with van der Waals surface area (Å²) in [6.45, 7) is 0. The Morgan fingerprint density at radius 3 is 2.71 bits per heavy atom. The van der Waals surface area contributed by atoms with Gasteiger partial charge in [0.15, 0.2) is 0 Å². The number of rotatable bonds is 3. The average molecular weight is 258 g/mol. The lowest BCUT2D eigenvalue weighted by Crippen LogP contribution is -1.95. The van der Waals surface area contributed by atoms with Crippen LogP contribution in [0, 0.1) is 0 Å². The highest BCUT2D eigenvalue weighted by molar-refractivity contribution is 7.86. The molecule has 8 heteroatoms. The first-order valence-corrected chi connectivity index (χ1v) is 5.80. The molecule has 1 aromatic carbocycles. The van der Waals surface area contributed by atoms with E-state index in [-0.39, 0.29) is 11.5 Å². The van der Waals surface area contributed by atoms with E-state index < -0.39 is 15.1 Å². The van der Waals surface area contributed by atoms with Crippen molar-refractivity contribution in [2.75, 3.05) is 7.11 Å². The molecule has 0 bridgehead atoms. The van der Waals surface area contributed by atoms with E-state index in [1.807, 2.05) is 0 Å². The summed E-state index contributed by atoms with van der Waals surface area (Å²) in [6, 6.07) is 3.47. The van der Waals surface area contributed by atoms with Crippen LogP contribution in [0.15, 0.2) is 33.9 Å². The fraction of sp³-hybridized carbons (Fsp3) is 0.111. The molecular weight excluding hydrogens is 251 g/mol. The standard InChI is InChI=1S/C9H7FN2O4S/c1-15-8-3-2-6(17(10,13)14)4-7(8)9-12-11-5-16-9/h2-5H,1H3. The van der Waals surface area contributed by atoms with E-state index in [1.165, 1.54) is 13.2 Å². The maximum atomic E-state index is 12.8. The van der Waals surface area contributed by atoms with Crippen LogP contribution in [-0.4, -0.2) is 25.7 Å². The zero-order valence-electron chi connectivity index (χ0n) is 8.62. The maximum Gasteiger partial charge on any atom is 0.332 e. The molecular formula is C9H7FN2O4S. The molecule has 1 aromatic heterocycles. The van der Waals surface area contributed by atoms with Crippen molar-refractivity contribution < 1.29 is 21.5 Å². The summed E-state index contributed by atoms with van der Waals surface area (Å²) in [5.74, 6) is 0.356. The summed E-state index contributed by atoms with van der Waals surface area (Å²) in [6.07, 6.45) is 1.07. The van der Waals surface area contributed by atoms with Gasteiger partial charge < -0.3 is 9.15 Å². The van der Waals surface area contributed by atoms with Crippen LogP contribution in [0.25, 0.3) is 11.5 Å².